The third-order valence-electron chi connectivity index (χ3n) is 2.02. The smallest absolute Gasteiger partial charge is 0.232 e. The number of carbonyl (C=O) groups is 1. The van der Waals surface area contributed by atoms with E-state index in [9.17, 15) is 4.79 Å². The molecular formula is C8H10N4O. The van der Waals surface area contributed by atoms with Gasteiger partial charge in [0.2, 0.25) is 5.91 Å². The Hall–Kier alpha value is -1.49. The zero-order chi connectivity index (χ0) is 9.26. The minimum atomic E-state index is 0.0564. The van der Waals surface area contributed by atoms with Gasteiger partial charge >= 0.3 is 0 Å². The lowest BCUT2D eigenvalue weighted by Gasteiger charge is -2.13. The van der Waals surface area contributed by atoms with Crippen LogP contribution in [0.15, 0.2) is 12.5 Å². The van der Waals surface area contributed by atoms with Gasteiger partial charge in [-0.05, 0) is 0 Å². The summed E-state index contributed by atoms with van der Waals surface area (Å²) in [5, 5.41) is 0. The zero-order valence-corrected chi connectivity index (χ0v) is 7.10. The van der Waals surface area contributed by atoms with E-state index in [4.69, 9.17) is 5.73 Å². The maximum Gasteiger partial charge on any atom is 0.232 e. The van der Waals surface area contributed by atoms with Gasteiger partial charge < -0.3 is 5.73 Å². The molecule has 0 radical (unpaired) electrons. The first-order valence-electron chi connectivity index (χ1n) is 4.12. The summed E-state index contributed by atoms with van der Waals surface area (Å²) in [6.45, 7) is 0.984. The number of nitrogens with two attached hydrogens (primary N) is 1. The lowest BCUT2D eigenvalue weighted by Crippen LogP contribution is -2.32. The van der Waals surface area contributed by atoms with Gasteiger partial charge in [0.25, 0.3) is 0 Å². The molecule has 0 bridgehead atoms. The first kappa shape index (κ1) is 8.12. The fraction of sp³-hybridized carbons (Fsp3) is 0.375. The number of anilines is 1. The fourth-order valence-electron chi connectivity index (χ4n) is 1.46. The monoisotopic (exact) mass is 178 g/mol. The molecule has 1 aromatic rings. The van der Waals surface area contributed by atoms with E-state index in [2.05, 4.69) is 9.97 Å². The molecule has 0 aromatic carbocycles. The number of aromatic nitrogens is 2. The van der Waals surface area contributed by atoms with Crippen LogP contribution in [0.2, 0.25) is 0 Å². The molecule has 2 rings (SSSR count). The minimum absolute atomic E-state index is 0.0564. The van der Waals surface area contributed by atoms with Gasteiger partial charge in [-0.25, -0.2) is 9.97 Å². The molecule has 2 N–H and O–H groups in total. The number of carbonyl (C=O) groups excluding carboxylic acids is 1. The van der Waals surface area contributed by atoms with E-state index in [-0.39, 0.29) is 5.91 Å². The van der Waals surface area contributed by atoms with Gasteiger partial charge in [0, 0.05) is 24.8 Å². The zero-order valence-electron chi connectivity index (χ0n) is 7.10. The summed E-state index contributed by atoms with van der Waals surface area (Å²) in [5.74, 6) is 0.770. The molecule has 1 aliphatic rings. The molecule has 1 aromatic heterocycles. The third-order valence-corrected chi connectivity index (χ3v) is 2.02. The van der Waals surface area contributed by atoms with Crippen molar-refractivity contribution in [3.8, 4) is 0 Å². The Balaban J connectivity index is 2.35. The molecule has 0 aliphatic carbocycles. The Bertz CT molecular complexity index is 339. The molecule has 0 atom stereocenters. The number of hydrogen-bond acceptors (Lipinski definition) is 4. The lowest BCUT2D eigenvalue weighted by molar-refractivity contribution is -0.117. The average molecular weight is 178 g/mol. The SMILES string of the molecule is NCCN1C(=O)Cc2cncnc21. The number of fused-ring (bicyclic) bond motifs is 1. The Morgan fingerprint density at radius 2 is 2.46 bits per heavy atom. The summed E-state index contributed by atoms with van der Waals surface area (Å²) in [7, 11) is 0. The Morgan fingerprint density at radius 1 is 1.62 bits per heavy atom. The summed E-state index contributed by atoms with van der Waals surface area (Å²) in [6.07, 6.45) is 3.52. The van der Waals surface area contributed by atoms with Crippen LogP contribution in [0.25, 0.3) is 0 Å². The third kappa shape index (κ3) is 1.27. The summed E-state index contributed by atoms with van der Waals surface area (Å²) in [4.78, 5) is 20.9. The molecule has 1 amide bonds. The first-order chi connectivity index (χ1) is 6.33. The maximum absolute atomic E-state index is 11.4. The predicted octanol–water partition coefficient (Wildman–Crippen LogP) is -0.676. The molecule has 0 saturated heterocycles. The van der Waals surface area contributed by atoms with E-state index in [1.807, 2.05) is 0 Å². The Kier molecular flexibility index (Phi) is 1.94. The van der Waals surface area contributed by atoms with Gasteiger partial charge in [0.05, 0.1) is 6.42 Å². The van der Waals surface area contributed by atoms with Gasteiger partial charge in [-0.1, -0.05) is 0 Å². The second kappa shape index (κ2) is 3.10. The van der Waals surface area contributed by atoms with Gasteiger partial charge in [-0.2, -0.15) is 0 Å². The summed E-state index contributed by atoms with van der Waals surface area (Å²) in [6, 6.07) is 0. The summed E-state index contributed by atoms with van der Waals surface area (Å²) >= 11 is 0. The van der Waals surface area contributed by atoms with Crippen molar-refractivity contribution in [3.63, 3.8) is 0 Å². The molecule has 13 heavy (non-hydrogen) atoms. The minimum Gasteiger partial charge on any atom is -0.329 e. The van der Waals surface area contributed by atoms with Crippen LogP contribution in [0.5, 0.6) is 0 Å². The van der Waals surface area contributed by atoms with Crippen LogP contribution in [0.1, 0.15) is 5.56 Å². The summed E-state index contributed by atoms with van der Waals surface area (Å²) < 4.78 is 0. The predicted molar refractivity (Wildman–Crippen MR) is 47.1 cm³/mol. The molecule has 68 valence electrons. The van der Waals surface area contributed by atoms with E-state index >= 15 is 0 Å². The number of hydrogen-bond donors (Lipinski definition) is 1. The van der Waals surface area contributed by atoms with Crippen LogP contribution in [0.4, 0.5) is 5.82 Å². The highest BCUT2D eigenvalue weighted by Crippen LogP contribution is 2.23. The quantitative estimate of drug-likeness (QED) is 0.651. The number of rotatable bonds is 2. The van der Waals surface area contributed by atoms with Gasteiger partial charge in [0.1, 0.15) is 12.1 Å². The van der Waals surface area contributed by atoms with E-state index in [1.54, 1.807) is 11.1 Å². The van der Waals surface area contributed by atoms with Crippen molar-refractivity contribution in [2.24, 2.45) is 5.73 Å². The second-order valence-electron chi connectivity index (χ2n) is 2.88. The van der Waals surface area contributed by atoms with Gasteiger partial charge in [-0.15, -0.1) is 0 Å². The van der Waals surface area contributed by atoms with Crippen molar-refractivity contribution >= 4 is 11.7 Å². The van der Waals surface area contributed by atoms with Gasteiger partial charge in [-0.3, -0.25) is 9.69 Å². The Morgan fingerprint density at radius 3 is 3.23 bits per heavy atom. The second-order valence-corrected chi connectivity index (χ2v) is 2.88. The number of nitrogens with zero attached hydrogens (tertiary/aromatic N) is 3. The van der Waals surface area contributed by atoms with Crippen LogP contribution < -0.4 is 10.6 Å². The van der Waals surface area contributed by atoms with Crippen molar-refractivity contribution in [1.82, 2.24) is 9.97 Å². The van der Waals surface area contributed by atoms with E-state index in [0.717, 1.165) is 5.56 Å². The highest BCUT2D eigenvalue weighted by atomic mass is 16.2. The fourth-order valence-corrected chi connectivity index (χ4v) is 1.46. The van der Waals surface area contributed by atoms with Crippen LogP contribution in [-0.2, 0) is 11.2 Å². The van der Waals surface area contributed by atoms with E-state index in [1.165, 1.54) is 6.33 Å². The van der Waals surface area contributed by atoms with Crippen molar-refractivity contribution in [2.75, 3.05) is 18.0 Å². The van der Waals surface area contributed by atoms with E-state index in [0.29, 0.717) is 25.3 Å². The molecule has 5 heteroatoms. The molecule has 0 fully saturated rings. The largest absolute Gasteiger partial charge is 0.329 e. The molecular weight excluding hydrogens is 168 g/mol. The maximum atomic E-state index is 11.4. The molecule has 0 saturated carbocycles. The highest BCUT2D eigenvalue weighted by molar-refractivity contribution is 5.99. The van der Waals surface area contributed by atoms with Crippen molar-refractivity contribution in [2.45, 2.75) is 6.42 Å². The molecule has 0 unspecified atom stereocenters. The Labute approximate surface area is 75.6 Å². The number of amides is 1. The summed E-state index contributed by atoms with van der Waals surface area (Å²) in [5.41, 5.74) is 6.28. The average Bonchev–Trinajstić information content (AvgIpc) is 2.44. The van der Waals surface area contributed by atoms with Crippen LogP contribution in [0.3, 0.4) is 0 Å². The standard InChI is InChI=1S/C8H10N4O/c9-1-2-12-7(13)3-6-4-10-5-11-8(6)12/h4-5H,1-3,9H2. The molecule has 2 heterocycles. The van der Waals surface area contributed by atoms with Crippen molar-refractivity contribution < 1.29 is 4.79 Å². The van der Waals surface area contributed by atoms with Gasteiger partial charge in [0.15, 0.2) is 0 Å². The molecule has 1 aliphatic heterocycles. The van der Waals surface area contributed by atoms with Crippen LogP contribution in [-0.4, -0.2) is 29.0 Å². The normalized spacial score (nSPS) is 14.8. The van der Waals surface area contributed by atoms with Crippen molar-refractivity contribution in [1.29, 1.82) is 0 Å². The first-order valence-corrected chi connectivity index (χ1v) is 4.12. The van der Waals surface area contributed by atoms with Crippen molar-refractivity contribution in [3.05, 3.63) is 18.1 Å². The highest BCUT2D eigenvalue weighted by Gasteiger charge is 2.27. The lowest BCUT2D eigenvalue weighted by atomic mass is 10.3. The van der Waals surface area contributed by atoms with E-state index < -0.39 is 0 Å². The van der Waals surface area contributed by atoms with Crippen LogP contribution >= 0.6 is 0 Å². The topological polar surface area (TPSA) is 72.1 Å². The molecule has 0 spiro atoms. The van der Waals surface area contributed by atoms with Crippen LogP contribution in [0, 0.1) is 0 Å². The molecule has 5 nitrogen and oxygen atoms in total.